The highest BCUT2D eigenvalue weighted by atomic mass is 16.5. The van der Waals surface area contributed by atoms with Crippen LogP contribution in [0.1, 0.15) is 15.9 Å². The van der Waals surface area contributed by atoms with E-state index in [2.05, 4.69) is 10.2 Å². The summed E-state index contributed by atoms with van der Waals surface area (Å²) in [6.45, 7) is 1.82. The summed E-state index contributed by atoms with van der Waals surface area (Å²) < 4.78 is 5.84. The highest BCUT2D eigenvalue weighted by Crippen LogP contribution is 2.22. The van der Waals surface area contributed by atoms with Crippen molar-refractivity contribution in [2.45, 2.75) is 0 Å². The molecule has 3 rings (SSSR count). The third kappa shape index (κ3) is 6.63. The van der Waals surface area contributed by atoms with Gasteiger partial charge in [0.05, 0.1) is 0 Å². The van der Waals surface area contributed by atoms with Crippen LogP contribution in [-0.2, 0) is 0 Å². The zero-order chi connectivity index (χ0) is 20.5. The van der Waals surface area contributed by atoms with Crippen molar-refractivity contribution in [3.05, 3.63) is 96.1 Å². The Morgan fingerprint density at radius 2 is 1.66 bits per heavy atom. The lowest BCUT2D eigenvalue weighted by molar-refractivity contribution is 0.104. The van der Waals surface area contributed by atoms with Gasteiger partial charge < -0.3 is 15.0 Å². The largest absolute Gasteiger partial charge is 0.457 e. The van der Waals surface area contributed by atoms with Gasteiger partial charge in [-0.1, -0.05) is 36.4 Å². The van der Waals surface area contributed by atoms with E-state index in [1.807, 2.05) is 99.0 Å². The molecule has 0 fully saturated rings. The minimum absolute atomic E-state index is 0.0285. The first-order valence-corrected chi connectivity index (χ1v) is 9.64. The second kappa shape index (κ2) is 10.2. The number of benzene rings is 3. The number of nitrogens with one attached hydrogen (secondary N) is 1. The van der Waals surface area contributed by atoms with Gasteiger partial charge in [-0.3, -0.25) is 4.79 Å². The summed E-state index contributed by atoms with van der Waals surface area (Å²) in [5.41, 5.74) is 2.59. The van der Waals surface area contributed by atoms with Crippen molar-refractivity contribution in [3.8, 4) is 11.5 Å². The maximum absolute atomic E-state index is 12.5. The minimum Gasteiger partial charge on any atom is -0.457 e. The van der Waals surface area contributed by atoms with Crippen molar-refractivity contribution in [2.24, 2.45) is 0 Å². The molecular formula is C25H26N2O2. The van der Waals surface area contributed by atoms with Crippen LogP contribution in [0.4, 0.5) is 5.69 Å². The molecule has 0 amide bonds. The Morgan fingerprint density at radius 1 is 0.931 bits per heavy atom. The standard InChI is InChI=1S/C25H26N2O2/c1-27(2)18-17-26-22-14-12-21(13-15-22)25(28)16-11-20-7-6-10-24(19-20)29-23-8-4-3-5-9-23/h3-16,19,26H,17-18H2,1-2H3. The maximum atomic E-state index is 12.5. The van der Waals surface area contributed by atoms with E-state index in [4.69, 9.17) is 4.74 Å². The molecule has 0 heterocycles. The Hall–Kier alpha value is -3.37. The summed E-state index contributed by atoms with van der Waals surface area (Å²) in [6.07, 6.45) is 3.40. The van der Waals surface area contributed by atoms with Crippen molar-refractivity contribution < 1.29 is 9.53 Å². The molecule has 0 bridgehead atoms. The summed E-state index contributed by atoms with van der Waals surface area (Å²) in [5, 5.41) is 3.34. The average molecular weight is 386 g/mol. The van der Waals surface area contributed by atoms with E-state index in [-0.39, 0.29) is 5.78 Å². The Kier molecular flexibility index (Phi) is 7.20. The number of carbonyl (C=O) groups is 1. The van der Waals surface area contributed by atoms with Crippen LogP contribution < -0.4 is 10.1 Å². The van der Waals surface area contributed by atoms with E-state index < -0.39 is 0 Å². The van der Waals surface area contributed by atoms with Crippen molar-refractivity contribution in [2.75, 3.05) is 32.5 Å². The van der Waals surface area contributed by atoms with Crippen molar-refractivity contribution >= 4 is 17.5 Å². The number of likely N-dealkylation sites (N-methyl/N-ethyl adjacent to an activating group) is 1. The van der Waals surface area contributed by atoms with Gasteiger partial charge in [0.1, 0.15) is 11.5 Å². The predicted molar refractivity (Wildman–Crippen MR) is 120 cm³/mol. The Labute approximate surface area is 172 Å². The topological polar surface area (TPSA) is 41.6 Å². The number of ether oxygens (including phenoxy) is 1. The van der Waals surface area contributed by atoms with Crippen LogP contribution in [0.5, 0.6) is 11.5 Å². The Bertz CT molecular complexity index is 948. The van der Waals surface area contributed by atoms with E-state index in [0.29, 0.717) is 5.56 Å². The Balaban J connectivity index is 1.59. The number of anilines is 1. The van der Waals surface area contributed by atoms with Crippen LogP contribution in [0.25, 0.3) is 6.08 Å². The van der Waals surface area contributed by atoms with E-state index in [9.17, 15) is 4.79 Å². The number of rotatable bonds is 9. The maximum Gasteiger partial charge on any atom is 0.185 e. The van der Waals surface area contributed by atoms with Gasteiger partial charge in [0.2, 0.25) is 0 Å². The lowest BCUT2D eigenvalue weighted by atomic mass is 10.1. The summed E-state index contributed by atoms with van der Waals surface area (Å²) in [7, 11) is 4.08. The lowest BCUT2D eigenvalue weighted by Crippen LogP contribution is -2.20. The molecule has 29 heavy (non-hydrogen) atoms. The number of nitrogens with zero attached hydrogens (tertiary/aromatic N) is 1. The third-order valence-corrected chi connectivity index (χ3v) is 4.32. The molecule has 4 heteroatoms. The van der Waals surface area contributed by atoms with E-state index in [0.717, 1.165) is 35.8 Å². The van der Waals surface area contributed by atoms with Crippen LogP contribution in [0, 0.1) is 0 Å². The van der Waals surface area contributed by atoms with Crippen LogP contribution in [0.2, 0.25) is 0 Å². The molecule has 0 atom stereocenters. The first kappa shape index (κ1) is 20.4. The average Bonchev–Trinajstić information content (AvgIpc) is 2.73. The summed E-state index contributed by atoms with van der Waals surface area (Å²) in [4.78, 5) is 14.6. The van der Waals surface area contributed by atoms with Crippen LogP contribution in [0.15, 0.2) is 84.9 Å². The molecule has 3 aromatic carbocycles. The van der Waals surface area contributed by atoms with E-state index in [1.54, 1.807) is 6.08 Å². The van der Waals surface area contributed by atoms with Crippen LogP contribution in [0.3, 0.4) is 0 Å². The molecule has 0 aromatic heterocycles. The van der Waals surface area contributed by atoms with Gasteiger partial charge in [0.15, 0.2) is 5.78 Å². The molecule has 0 aliphatic rings. The van der Waals surface area contributed by atoms with Gasteiger partial charge in [-0.2, -0.15) is 0 Å². The third-order valence-electron chi connectivity index (χ3n) is 4.32. The second-order valence-electron chi connectivity index (χ2n) is 6.99. The monoisotopic (exact) mass is 386 g/mol. The van der Waals surface area contributed by atoms with E-state index >= 15 is 0 Å². The van der Waals surface area contributed by atoms with Crippen molar-refractivity contribution in [1.82, 2.24) is 4.90 Å². The second-order valence-corrected chi connectivity index (χ2v) is 6.99. The first-order valence-electron chi connectivity index (χ1n) is 9.64. The van der Waals surface area contributed by atoms with Crippen molar-refractivity contribution in [1.29, 1.82) is 0 Å². The number of ketones is 1. The Morgan fingerprint density at radius 3 is 2.38 bits per heavy atom. The predicted octanol–water partition coefficient (Wildman–Crippen LogP) is 5.35. The molecule has 0 spiro atoms. The van der Waals surface area contributed by atoms with Crippen LogP contribution in [-0.4, -0.2) is 37.9 Å². The normalized spacial score (nSPS) is 11.0. The molecule has 0 radical (unpaired) electrons. The molecule has 0 saturated heterocycles. The number of hydrogen-bond donors (Lipinski definition) is 1. The van der Waals surface area contributed by atoms with Gasteiger partial charge in [0.25, 0.3) is 0 Å². The molecular weight excluding hydrogens is 360 g/mol. The quantitative estimate of drug-likeness (QED) is 0.398. The number of hydrogen-bond acceptors (Lipinski definition) is 4. The SMILES string of the molecule is CN(C)CCNc1ccc(C(=O)C=Cc2cccc(Oc3ccccc3)c2)cc1. The fourth-order valence-electron chi connectivity index (χ4n) is 2.75. The fourth-order valence-corrected chi connectivity index (χ4v) is 2.75. The number of para-hydroxylation sites is 1. The highest BCUT2D eigenvalue weighted by Gasteiger charge is 2.03. The molecule has 0 saturated carbocycles. The lowest BCUT2D eigenvalue weighted by Gasteiger charge is -2.11. The molecule has 1 N–H and O–H groups in total. The summed E-state index contributed by atoms with van der Waals surface area (Å²) in [5.74, 6) is 1.49. The van der Waals surface area contributed by atoms with Crippen molar-refractivity contribution in [3.63, 3.8) is 0 Å². The molecule has 3 aromatic rings. The smallest absolute Gasteiger partial charge is 0.185 e. The summed E-state index contributed by atoms with van der Waals surface area (Å²) >= 11 is 0. The first-order chi connectivity index (χ1) is 14.1. The van der Waals surface area contributed by atoms with E-state index in [1.165, 1.54) is 0 Å². The van der Waals surface area contributed by atoms with Gasteiger partial charge in [-0.25, -0.2) is 0 Å². The molecule has 0 aliphatic carbocycles. The molecule has 0 aliphatic heterocycles. The number of carbonyl (C=O) groups excluding carboxylic acids is 1. The highest BCUT2D eigenvalue weighted by molar-refractivity contribution is 6.07. The van der Waals surface area contributed by atoms with Gasteiger partial charge >= 0.3 is 0 Å². The minimum atomic E-state index is -0.0285. The molecule has 0 unspecified atom stereocenters. The molecule has 4 nitrogen and oxygen atoms in total. The molecule has 148 valence electrons. The van der Waals surface area contributed by atoms with Gasteiger partial charge in [-0.15, -0.1) is 0 Å². The fraction of sp³-hybridized carbons (Fsp3) is 0.160. The zero-order valence-electron chi connectivity index (χ0n) is 16.8. The number of allylic oxidation sites excluding steroid dienone is 1. The van der Waals surface area contributed by atoms with Crippen LogP contribution >= 0.6 is 0 Å². The zero-order valence-corrected chi connectivity index (χ0v) is 16.8. The summed E-state index contributed by atoms with van der Waals surface area (Å²) in [6, 6.07) is 24.9. The van der Waals surface area contributed by atoms with Gasteiger partial charge in [-0.05, 0) is 74.3 Å². The van der Waals surface area contributed by atoms with Gasteiger partial charge in [0, 0.05) is 24.3 Å².